The number of rotatable bonds is 5. The Bertz CT molecular complexity index is 512. The molecule has 1 aromatic carbocycles. The van der Waals surface area contributed by atoms with Crippen LogP contribution >= 0.6 is 11.8 Å². The fraction of sp³-hybridized carbons (Fsp3) is 0.385. The number of hydrogen-bond acceptors (Lipinski definition) is 5. The van der Waals surface area contributed by atoms with Crippen LogP contribution in [0.25, 0.3) is 11.4 Å². The largest absolute Gasteiger partial charge is 0.337 e. The second kappa shape index (κ2) is 6.02. The van der Waals surface area contributed by atoms with Gasteiger partial charge in [0.15, 0.2) is 0 Å². The Hall–Kier alpha value is -1.33. The maximum Gasteiger partial charge on any atom is 0.243 e. The van der Waals surface area contributed by atoms with E-state index >= 15 is 0 Å². The first kappa shape index (κ1) is 13.1. The predicted molar refractivity (Wildman–Crippen MR) is 74.4 cm³/mol. The highest BCUT2D eigenvalue weighted by molar-refractivity contribution is 7.98. The Labute approximate surface area is 111 Å². The quantitative estimate of drug-likeness (QED) is 0.898. The van der Waals surface area contributed by atoms with Crippen LogP contribution in [0.1, 0.15) is 23.9 Å². The zero-order valence-electron chi connectivity index (χ0n) is 10.6. The molecule has 2 aromatic rings. The molecule has 0 saturated heterocycles. The predicted octanol–water partition coefficient (Wildman–Crippen LogP) is 2.80. The van der Waals surface area contributed by atoms with Crippen LogP contribution in [0.2, 0.25) is 0 Å². The highest BCUT2D eigenvalue weighted by Crippen LogP contribution is 2.20. The highest BCUT2D eigenvalue weighted by atomic mass is 32.2. The van der Waals surface area contributed by atoms with Crippen molar-refractivity contribution >= 4 is 11.8 Å². The van der Waals surface area contributed by atoms with Gasteiger partial charge in [0, 0.05) is 5.56 Å². The summed E-state index contributed by atoms with van der Waals surface area (Å²) >= 11 is 1.76. The molecule has 0 fully saturated rings. The van der Waals surface area contributed by atoms with E-state index in [-0.39, 0.29) is 6.04 Å². The third kappa shape index (κ3) is 3.11. The van der Waals surface area contributed by atoms with Crippen molar-refractivity contribution in [3.05, 3.63) is 35.7 Å². The second-order valence-electron chi connectivity index (χ2n) is 4.21. The maximum atomic E-state index is 5.99. The molecule has 1 heterocycles. The lowest BCUT2D eigenvalue weighted by atomic mass is 10.1. The standard InChI is InChI=1S/C13H17N3OS/c1-9-4-3-5-10(8-9)12-15-13(17-16-12)11(14)6-7-18-2/h3-5,8,11H,6-7,14H2,1-2H3/t11-/m1/s1. The van der Waals surface area contributed by atoms with E-state index in [0.717, 1.165) is 17.7 Å². The smallest absolute Gasteiger partial charge is 0.243 e. The number of hydrogen-bond donors (Lipinski definition) is 1. The topological polar surface area (TPSA) is 64.9 Å². The normalized spacial score (nSPS) is 12.6. The van der Waals surface area contributed by atoms with Gasteiger partial charge in [0.25, 0.3) is 0 Å². The number of nitrogens with zero attached hydrogens (tertiary/aromatic N) is 2. The molecular weight excluding hydrogens is 246 g/mol. The zero-order valence-corrected chi connectivity index (χ0v) is 11.4. The van der Waals surface area contributed by atoms with Gasteiger partial charge in [0.05, 0.1) is 6.04 Å². The molecule has 0 unspecified atom stereocenters. The summed E-state index contributed by atoms with van der Waals surface area (Å²) in [5, 5.41) is 3.98. The van der Waals surface area contributed by atoms with E-state index in [9.17, 15) is 0 Å². The minimum atomic E-state index is -0.177. The van der Waals surface area contributed by atoms with Gasteiger partial charge in [-0.05, 0) is 31.4 Å². The van der Waals surface area contributed by atoms with Crippen LogP contribution in [0.4, 0.5) is 0 Å². The number of nitrogens with two attached hydrogens (primary N) is 1. The average molecular weight is 263 g/mol. The number of thioether (sulfide) groups is 1. The molecule has 0 aliphatic carbocycles. The van der Waals surface area contributed by atoms with Gasteiger partial charge in [-0.15, -0.1) is 0 Å². The van der Waals surface area contributed by atoms with Crippen LogP contribution in [0, 0.1) is 6.92 Å². The fourth-order valence-electron chi connectivity index (χ4n) is 1.66. The molecule has 4 nitrogen and oxygen atoms in total. The van der Waals surface area contributed by atoms with Crippen LogP contribution in [-0.2, 0) is 0 Å². The monoisotopic (exact) mass is 263 g/mol. The minimum Gasteiger partial charge on any atom is -0.337 e. The van der Waals surface area contributed by atoms with Crippen LogP contribution in [0.15, 0.2) is 28.8 Å². The zero-order chi connectivity index (χ0) is 13.0. The Balaban J connectivity index is 2.15. The van der Waals surface area contributed by atoms with Gasteiger partial charge >= 0.3 is 0 Å². The summed E-state index contributed by atoms with van der Waals surface area (Å²) in [7, 11) is 0. The van der Waals surface area contributed by atoms with Gasteiger partial charge in [-0.2, -0.15) is 16.7 Å². The van der Waals surface area contributed by atoms with Gasteiger partial charge in [-0.25, -0.2) is 0 Å². The Morgan fingerprint density at radius 3 is 3.00 bits per heavy atom. The summed E-state index contributed by atoms with van der Waals surface area (Å²) in [4.78, 5) is 4.36. The molecule has 0 spiro atoms. The summed E-state index contributed by atoms with van der Waals surface area (Å²) < 4.78 is 5.22. The molecule has 0 aliphatic heterocycles. The van der Waals surface area contributed by atoms with Crippen molar-refractivity contribution in [2.75, 3.05) is 12.0 Å². The van der Waals surface area contributed by atoms with Gasteiger partial charge in [-0.1, -0.05) is 28.9 Å². The van der Waals surface area contributed by atoms with E-state index in [1.54, 1.807) is 11.8 Å². The summed E-state index contributed by atoms with van der Waals surface area (Å²) in [5.74, 6) is 2.11. The average Bonchev–Trinajstić information content (AvgIpc) is 2.85. The molecule has 0 amide bonds. The molecule has 0 aliphatic rings. The maximum absolute atomic E-state index is 5.99. The number of aromatic nitrogens is 2. The van der Waals surface area contributed by atoms with E-state index in [1.165, 1.54) is 5.56 Å². The molecule has 0 bridgehead atoms. The molecule has 1 atom stereocenters. The van der Waals surface area contributed by atoms with Crippen LogP contribution in [0.5, 0.6) is 0 Å². The third-order valence-corrected chi connectivity index (χ3v) is 3.31. The van der Waals surface area contributed by atoms with Crippen LogP contribution in [-0.4, -0.2) is 22.1 Å². The van der Waals surface area contributed by atoms with Crippen molar-refractivity contribution in [3.8, 4) is 11.4 Å². The summed E-state index contributed by atoms with van der Waals surface area (Å²) in [5.41, 5.74) is 8.12. The van der Waals surface area contributed by atoms with Crippen LogP contribution < -0.4 is 5.73 Å². The van der Waals surface area contributed by atoms with Crippen molar-refractivity contribution < 1.29 is 4.52 Å². The van der Waals surface area contributed by atoms with E-state index < -0.39 is 0 Å². The van der Waals surface area contributed by atoms with Crippen LogP contribution in [0.3, 0.4) is 0 Å². The van der Waals surface area contributed by atoms with Crippen molar-refractivity contribution in [2.45, 2.75) is 19.4 Å². The molecule has 0 saturated carbocycles. The van der Waals surface area contributed by atoms with Crippen molar-refractivity contribution in [1.29, 1.82) is 0 Å². The van der Waals surface area contributed by atoms with E-state index in [0.29, 0.717) is 11.7 Å². The summed E-state index contributed by atoms with van der Waals surface area (Å²) in [6, 6.07) is 7.84. The van der Waals surface area contributed by atoms with Gasteiger partial charge in [-0.3, -0.25) is 0 Å². The fourth-order valence-corrected chi connectivity index (χ4v) is 2.15. The Morgan fingerprint density at radius 1 is 1.44 bits per heavy atom. The Morgan fingerprint density at radius 2 is 2.28 bits per heavy atom. The minimum absolute atomic E-state index is 0.177. The summed E-state index contributed by atoms with van der Waals surface area (Å²) in [6.45, 7) is 2.04. The Kier molecular flexibility index (Phi) is 4.38. The van der Waals surface area contributed by atoms with E-state index in [1.807, 2.05) is 31.2 Å². The molecule has 2 N–H and O–H groups in total. The molecule has 2 rings (SSSR count). The SMILES string of the molecule is CSCC[C@@H](N)c1nc(-c2cccc(C)c2)no1. The van der Waals surface area contributed by atoms with Gasteiger partial charge in [0.1, 0.15) is 0 Å². The lowest BCUT2D eigenvalue weighted by Crippen LogP contribution is -2.11. The van der Waals surface area contributed by atoms with Gasteiger partial charge < -0.3 is 10.3 Å². The van der Waals surface area contributed by atoms with Crippen molar-refractivity contribution in [1.82, 2.24) is 10.1 Å². The van der Waals surface area contributed by atoms with Gasteiger partial charge in [0.2, 0.25) is 11.7 Å². The lowest BCUT2D eigenvalue weighted by molar-refractivity contribution is 0.353. The molecule has 5 heteroatoms. The molecule has 96 valence electrons. The van der Waals surface area contributed by atoms with Crippen molar-refractivity contribution in [2.24, 2.45) is 5.73 Å². The first-order chi connectivity index (χ1) is 8.70. The molecular formula is C13H17N3OS. The second-order valence-corrected chi connectivity index (χ2v) is 5.20. The lowest BCUT2D eigenvalue weighted by Gasteiger charge is -2.03. The van der Waals surface area contributed by atoms with E-state index in [4.69, 9.17) is 10.3 Å². The molecule has 18 heavy (non-hydrogen) atoms. The highest BCUT2D eigenvalue weighted by Gasteiger charge is 2.15. The number of benzene rings is 1. The van der Waals surface area contributed by atoms with E-state index in [2.05, 4.69) is 16.4 Å². The summed E-state index contributed by atoms with van der Waals surface area (Å²) in [6.07, 6.45) is 2.90. The third-order valence-electron chi connectivity index (χ3n) is 2.67. The first-order valence-electron chi connectivity index (χ1n) is 5.86. The molecule has 0 radical (unpaired) electrons. The molecule has 1 aromatic heterocycles. The van der Waals surface area contributed by atoms with Crippen molar-refractivity contribution in [3.63, 3.8) is 0 Å². The first-order valence-corrected chi connectivity index (χ1v) is 7.25. The number of aryl methyl sites for hydroxylation is 1.